The van der Waals surface area contributed by atoms with Crippen LogP contribution in [0.4, 0.5) is 11.4 Å². The summed E-state index contributed by atoms with van der Waals surface area (Å²) in [4.78, 5) is 6.86. The summed E-state index contributed by atoms with van der Waals surface area (Å²) in [5, 5.41) is 6.76. The maximum atomic E-state index is 6.47. The standard InChI is InChI=1S/C36H46N6/c1-4-30(16-21-36(31-14-11-15-31)40-27(2)35(38)26-29-12-7-5-8-13-29)34(37)22-23-39-28(3)41-32-17-19-33(20-18-32)42-24-9-6-10-25-42/h4-5,7-8,12-13,16-23,31,35,40-41H,1-3,6,9-11,14-15,24-26,37-38H2/b30-16+,34-22-,36-21+,39-23?/t35-/m0/s1. The molecule has 2 aliphatic rings. The van der Waals surface area contributed by atoms with Crippen LogP contribution in [0.2, 0.25) is 0 Å². The third-order valence-corrected chi connectivity index (χ3v) is 7.95. The van der Waals surface area contributed by atoms with Crippen molar-refractivity contribution in [2.75, 3.05) is 23.3 Å². The van der Waals surface area contributed by atoms with Gasteiger partial charge in [-0.15, -0.1) is 0 Å². The van der Waals surface area contributed by atoms with E-state index in [1.54, 1.807) is 18.4 Å². The van der Waals surface area contributed by atoms with Gasteiger partial charge in [0.25, 0.3) is 0 Å². The molecular weight excluding hydrogens is 516 g/mol. The molecule has 4 rings (SSSR count). The van der Waals surface area contributed by atoms with Crippen LogP contribution < -0.4 is 27.0 Å². The number of hydrogen-bond donors (Lipinski definition) is 4. The first-order chi connectivity index (χ1) is 20.4. The monoisotopic (exact) mass is 562 g/mol. The summed E-state index contributed by atoms with van der Waals surface area (Å²) in [6.45, 7) is 14.5. The molecule has 1 saturated carbocycles. The van der Waals surface area contributed by atoms with Crippen molar-refractivity contribution in [2.45, 2.75) is 51.0 Å². The molecule has 2 aromatic carbocycles. The number of rotatable bonds is 14. The number of piperidine rings is 1. The number of nitrogens with two attached hydrogens (primary N) is 2. The Hall–Kier alpha value is -4.29. The Balaban J connectivity index is 1.34. The van der Waals surface area contributed by atoms with E-state index in [1.165, 1.54) is 36.9 Å². The molecule has 2 fully saturated rings. The Bertz CT molecular complexity index is 1320. The Morgan fingerprint density at radius 1 is 0.952 bits per heavy atom. The highest BCUT2D eigenvalue weighted by molar-refractivity contribution is 5.75. The molecule has 0 radical (unpaired) electrons. The van der Waals surface area contributed by atoms with Crippen molar-refractivity contribution in [1.82, 2.24) is 5.32 Å². The molecule has 6 heteroatoms. The van der Waals surface area contributed by atoms with Gasteiger partial charge in [0.15, 0.2) is 0 Å². The largest absolute Gasteiger partial charge is 0.398 e. The smallest absolute Gasteiger partial charge is 0.122 e. The van der Waals surface area contributed by atoms with Crippen LogP contribution >= 0.6 is 0 Å². The molecule has 1 saturated heterocycles. The predicted molar refractivity (Wildman–Crippen MR) is 180 cm³/mol. The first-order valence-corrected chi connectivity index (χ1v) is 15.0. The first-order valence-electron chi connectivity index (χ1n) is 15.0. The zero-order chi connectivity index (χ0) is 29.7. The van der Waals surface area contributed by atoms with E-state index in [1.807, 2.05) is 24.3 Å². The predicted octanol–water partition coefficient (Wildman–Crippen LogP) is 6.94. The van der Waals surface area contributed by atoms with Gasteiger partial charge < -0.3 is 27.0 Å². The SMILES string of the molecule is C=CC(=C\C=C(\NC(=C)[C@@H](N)Cc1ccccc1)C1CCC1)/C(N)=C/C=NC(=C)Nc1ccc(N2CCCCC2)cc1. The van der Waals surface area contributed by atoms with Gasteiger partial charge >= 0.3 is 0 Å². The molecule has 1 aliphatic carbocycles. The van der Waals surface area contributed by atoms with E-state index in [2.05, 4.69) is 82.7 Å². The summed E-state index contributed by atoms with van der Waals surface area (Å²) in [5.74, 6) is 0.999. The van der Waals surface area contributed by atoms with E-state index in [4.69, 9.17) is 11.5 Å². The van der Waals surface area contributed by atoms with Crippen molar-refractivity contribution in [2.24, 2.45) is 22.4 Å². The van der Waals surface area contributed by atoms with E-state index in [0.717, 1.165) is 55.0 Å². The Labute approximate surface area is 252 Å². The van der Waals surface area contributed by atoms with Crippen LogP contribution in [0.1, 0.15) is 44.1 Å². The Morgan fingerprint density at radius 3 is 2.31 bits per heavy atom. The minimum absolute atomic E-state index is 0.186. The third-order valence-electron chi connectivity index (χ3n) is 7.95. The van der Waals surface area contributed by atoms with Gasteiger partial charge in [0.2, 0.25) is 0 Å². The lowest BCUT2D eigenvalue weighted by Crippen LogP contribution is -2.35. The summed E-state index contributed by atoms with van der Waals surface area (Å²) < 4.78 is 0. The maximum absolute atomic E-state index is 6.47. The molecule has 0 amide bonds. The van der Waals surface area contributed by atoms with Gasteiger partial charge in [0.1, 0.15) is 5.82 Å². The van der Waals surface area contributed by atoms with E-state index in [0.29, 0.717) is 17.4 Å². The molecule has 0 bridgehead atoms. The topological polar surface area (TPSA) is 91.7 Å². The third kappa shape index (κ3) is 9.11. The summed E-state index contributed by atoms with van der Waals surface area (Å²) in [6, 6.07) is 18.5. The lowest BCUT2D eigenvalue weighted by Gasteiger charge is -2.30. The van der Waals surface area contributed by atoms with Crippen LogP contribution in [0, 0.1) is 5.92 Å². The average molecular weight is 563 g/mol. The molecule has 2 aromatic rings. The van der Waals surface area contributed by atoms with Gasteiger partial charge in [0, 0.05) is 53.8 Å². The number of nitrogens with one attached hydrogen (secondary N) is 2. The maximum Gasteiger partial charge on any atom is 0.122 e. The molecule has 0 aromatic heterocycles. The van der Waals surface area contributed by atoms with Gasteiger partial charge in [-0.2, -0.15) is 0 Å². The van der Waals surface area contributed by atoms with Gasteiger partial charge in [-0.3, -0.25) is 0 Å². The summed E-state index contributed by atoms with van der Waals surface area (Å²) in [5.41, 5.74) is 19.6. The fraction of sp³-hybridized carbons (Fsp3) is 0.306. The van der Waals surface area contributed by atoms with Crippen molar-refractivity contribution in [3.05, 3.63) is 133 Å². The van der Waals surface area contributed by atoms with Crippen molar-refractivity contribution < 1.29 is 0 Å². The highest BCUT2D eigenvalue weighted by atomic mass is 15.1. The van der Waals surface area contributed by atoms with Crippen LogP contribution in [0.25, 0.3) is 0 Å². The van der Waals surface area contributed by atoms with Crippen LogP contribution in [-0.2, 0) is 6.42 Å². The molecule has 42 heavy (non-hydrogen) atoms. The molecule has 6 nitrogen and oxygen atoms in total. The number of aliphatic imine (C=N–C) groups is 1. The quantitative estimate of drug-likeness (QED) is 0.148. The van der Waals surface area contributed by atoms with Crippen LogP contribution in [-0.4, -0.2) is 25.3 Å². The molecule has 220 valence electrons. The summed E-state index contributed by atoms with van der Waals surface area (Å²) in [6.07, 6.45) is 17.3. The number of hydrogen-bond acceptors (Lipinski definition) is 6. The lowest BCUT2D eigenvalue weighted by atomic mass is 9.82. The number of benzene rings is 2. The highest BCUT2D eigenvalue weighted by Crippen LogP contribution is 2.32. The van der Waals surface area contributed by atoms with Crippen LogP contribution in [0.5, 0.6) is 0 Å². The second kappa shape index (κ2) is 15.6. The van der Waals surface area contributed by atoms with E-state index >= 15 is 0 Å². The van der Waals surface area contributed by atoms with Gasteiger partial charge in [-0.05, 0) is 92.0 Å². The molecule has 0 unspecified atom stereocenters. The van der Waals surface area contributed by atoms with Crippen LogP contribution in [0.3, 0.4) is 0 Å². The molecule has 1 aliphatic heterocycles. The number of allylic oxidation sites excluding steroid dienone is 5. The first kappa shape index (κ1) is 30.7. The van der Waals surface area contributed by atoms with E-state index in [-0.39, 0.29) is 6.04 Å². The second-order valence-electron chi connectivity index (χ2n) is 11.1. The molecule has 1 atom stereocenters. The van der Waals surface area contributed by atoms with Crippen molar-refractivity contribution in [1.29, 1.82) is 0 Å². The zero-order valence-electron chi connectivity index (χ0n) is 24.8. The molecule has 1 heterocycles. The lowest BCUT2D eigenvalue weighted by molar-refractivity contribution is 0.353. The fourth-order valence-corrected chi connectivity index (χ4v) is 5.14. The van der Waals surface area contributed by atoms with Crippen molar-refractivity contribution in [3.8, 4) is 0 Å². The zero-order valence-corrected chi connectivity index (χ0v) is 24.8. The normalized spacial score (nSPS) is 17.5. The molecular formula is C36H46N6. The highest BCUT2D eigenvalue weighted by Gasteiger charge is 2.23. The Kier molecular flexibility index (Phi) is 11.4. The van der Waals surface area contributed by atoms with Crippen molar-refractivity contribution >= 4 is 17.6 Å². The Morgan fingerprint density at radius 2 is 1.67 bits per heavy atom. The van der Waals surface area contributed by atoms with E-state index in [9.17, 15) is 0 Å². The molecule has 6 N–H and O–H groups in total. The minimum atomic E-state index is -0.186. The summed E-state index contributed by atoms with van der Waals surface area (Å²) in [7, 11) is 0. The number of nitrogens with zero attached hydrogens (tertiary/aromatic N) is 2. The van der Waals surface area contributed by atoms with Crippen LogP contribution in [0.15, 0.2) is 132 Å². The average Bonchev–Trinajstić information content (AvgIpc) is 2.97. The minimum Gasteiger partial charge on any atom is -0.398 e. The fourth-order valence-electron chi connectivity index (χ4n) is 5.14. The summed E-state index contributed by atoms with van der Waals surface area (Å²) >= 11 is 0. The van der Waals surface area contributed by atoms with E-state index < -0.39 is 0 Å². The number of anilines is 2. The molecule has 0 spiro atoms. The second-order valence-corrected chi connectivity index (χ2v) is 11.1. The van der Waals surface area contributed by atoms with Gasteiger partial charge in [-0.25, -0.2) is 4.99 Å². The van der Waals surface area contributed by atoms with Gasteiger partial charge in [-0.1, -0.05) is 68.6 Å². The van der Waals surface area contributed by atoms with Gasteiger partial charge in [0.05, 0.1) is 0 Å². The van der Waals surface area contributed by atoms with Crippen molar-refractivity contribution in [3.63, 3.8) is 0 Å².